The van der Waals surface area contributed by atoms with Crippen molar-refractivity contribution in [3.05, 3.63) is 33.9 Å². The van der Waals surface area contributed by atoms with Crippen LogP contribution in [-0.2, 0) is 9.53 Å². The van der Waals surface area contributed by atoms with Gasteiger partial charge in [-0.1, -0.05) is 30.0 Å². The first kappa shape index (κ1) is 20.8. The molecule has 0 saturated heterocycles. The van der Waals surface area contributed by atoms with Gasteiger partial charge in [-0.05, 0) is 54.8 Å². The molecule has 0 aliphatic carbocycles. The molecular formula is C19H21IN2O3S. The molecule has 0 spiro atoms. The Morgan fingerprint density at radius 1 is 1.42 bits per heavy atom. The number of benzene rings is 1. The molecule has 1 aromatic carbocycles. The largest absolute Gasteiger partial charge is 0.452 e. The number of rotatable bonds is 6. The van der Waals surface area contributed by atoms with Gasteiger partial charge in [-0.3, -0.25) is 4.79 Å². The van der Waals surface area contributed by atoms with E-state index in [1.54, 1.807) is 7.11 Å². The van der Waals surface area contributed by atoms with Crippen LogP contribution in [0.15, 0.2) is 30.3 Å². The number of aromatic nitrogens is 1. The van der Waals surface area contributed by atoms with Crippen LogP contribution in [0.3, 0.4) is 0 Å². The summed E-state index contributed by atoms with van der Waals surface area (Å²) in [5.74, 6) is 6.05. The van der Waals surface area contributed by atoms with Gasteiger partial charge < -0.3 is 14.8 Å². The summed E-state index contributed by atoms with van der Waals surface area (Å²) in [4.78, 5) is 17.2. The van der Waals surface area contributed by atoms with Gasteiger partial charge >= 0.3 is 0 Å². The molecule has 0 bridgehead atoms. The first-order valence-corrected chi connectivity index (χ1v) is 10.3. The summed E-state index contributed by atoms with van der Waals surface area (Å²) in [5.41, 5.74) is -0.577. The average molecular weight is 484 g/mol. The Kier molecular flexibility index (Phi) is 7.55. The van der Waals surface area contributed by atoms with Crippen LogP contribution in [0.1, 0.15) is 13.8 Å². The summed E-state index contributed by atoms with van der Waals surface area (Å²) in [6.45, 7) is 3.99. The van der Waals surface area contributed by atoms with Crippen molar-refractivity contribution in [2.75, 3.05) is 20.0 Å². The van der Waals surface area contributed by atoms with Gasteiger partial charge in [-0.15, -0.1) is 11.8 Å². The predicted molar refractivity (Wildman–Crippen MR) is 114 cm³/mol. The minimum atomic E-state index is -0.722. The van der Waals surface area contributed by atoms with Gasteiger partial charge in [0.15, 0.2) is 0 Å². The molecule has 1 unspecified atom stereocenters. The quantitative estimate of drug-likeness (QED) is 0.387. The van der Waals surface area contributed by atoms with Crippen LogP contribution in [0.4, 0.5) is 0 Å². The van der Waals surface area contributed by atoms with Gasteiger partial charge in [-0.25, -0.2) is 4.98 Å². The van der Waals surface area contributed by atoms with Crippen molar-refractivity contribution >= 4 is 51.2 Å². The van der Waals surface area contributed by atoms with Crippen molar-refractivity contribution in [3.8, 4) is 17.7 Å². The fraction of sp³-hybridized carbons (Fsp3) is 0.368. The maximum Gasteiger partial charge on any atom is 0.272 e. The third-order valence-corrected chi connectivity index (χ3v) is 4.86. The van der Waals surface area contributed by atoms with Gasteiger partial charge in [0.1, 0.15) is 6.61 Å². The number of hydrogen-bond acceptors (Lipinski definition) is 5. The van der Waals surface area contributed by atoms with E-state index in [9.17, 15) is 4.79 Å². The van der Waals surface area contributed by atoms with Crippen molar-refractivity contribution < 1.29 is 14.3 Å². The number of nitrogens with zero attached hydrogens (tertiary/aromatic N) is 1. The molecule has 0 aliphatic rings. The molecule has 1 heterocycles. The Morgan fingerprint density at radius 3 is 2.85 bits per heavy atom. The normalized spacial score (nSPS) is 12.2. The standard InChI is InChI=1S/C19H21IN2O3S/c1-19(2,10-7-11-24-3)22-16(23)18(26-4)25-17-14(20)12-13-8-5-6-9-15(13)21-17/h5-6,8-9,12,18H,11H2,1-4H3,(H,22,23). The van der Waals surface area contributed by atoms with Crippen LogP contribution in [0.5, 0.6) is 5.88 Å². The Morgan fingerprint density at radius 2 is 2.15 bits per heavy atom. The highest BCUT2D eigenvalue weighted by atomic mass is 127. The number of halogens is 1. The maximum atomic E-state index is 12.6. The lowest BCUT2D eigenvalue weighted by Gasteiger charge is -2.24. The van der Waals surface area contributed by atoms with Crippen LogP contribution in [-0.4, -0.2) is 41.8 Å². The molecule has 1 aromatic heterocycles. The van der Waals surface area contributed by atoms with E-state index in [1.807, 2.05) is 50.4 Å². The number of methoxy groups -OCH3 is 1. The molecule has 1 amide bonds. The third-order valence-electron chi connectivity index (χ3n) is 3.35. The summed E-state index contributed by atoms with van der Waals surface area (Å²) in [6.07, 6.45) is 1.82. The van der Waals surface area contributed by atoms with E-state index in [0.29, 0.717) is 12.5 Å². The van der Waals surface area contributed by atoms with E-state index < -0.39 is 11.0 Å². The van der Waals surface area contributed by atoms with Crippen molar-refractivity contribution in [3.63, 3.8) is 0 Å². The average Bonchev–Trinajstić information content (AvgIpc) is 2.59. The molecule has 1 atom stereocenters. The number of carbonyl (C=O) groups is 1. The Hall–Kier alpha value is -1.50. The maximum absolute atomic E-state index is 12.6. The van der Waals surface area contributed by atoms with Gasteiger partial charge in [0.05, 0.1) is 14.6 Å². The van der Waals surface area contributed by atoms with Crippen molar-refractivity contribution in [1.29, 1.82) is 0 Å². The topological polar surface area (TPSA) is 60.5 Å². The van der Waals surface area contributed by atoms with Gasteiger partial charge in [0, 0.05) is 12.5 Å². The molecular weight excluding hydrogens is 463 g/mol. The fourth-order valence-corrected chi connectivity index (χ4v) is 3.24. The Balaban J connectivity index is 2.15. The van der Waals surface area contributed by atoms with Gasteiger partial charge in [0.25, 0.3) is 5.91 Å². The highest BCUT2D eigenvalue weighted by Gasteiger charge is 2.26. The van der Waals surface area contributed by atoms with Crippen molar-refractivity contribution in [1.82, 2.24) is 10.3 Å². The van der Waals surface area contributed by atoms with E-state index in [0.717, 1.165) is 14.5 Å². The molecule has 0 aliphatic heterocycles. The van der Waals surface area contributed by atoms with E-state index in [4.69, 9.17) is 9.47 Å². The second-order valence-corrected chi connectivity index (χ2v) is 8.06. The van der Waals surface area contributed by atoms with E-state index >= 15 is 0 Å². The minimum absolute atomic E-state index is 0.250. The van der Waals surface area contributed by atoms with Crippen LogP contribution >= 0.6 is 34.4 Å². The summed E-state index contributed by atoms with van der Waals surface area (Å²) < 4.78 is 11.7. The molecule has 2 aromatic rings. The fourth-order valence-electron chi connectivity index (χ4n) is 2.19. The minimum Gasteiger partial charge on any atom is -0.452 e. The smallest absolute Gasteiger partial charge is 0.272 e. The lowest BCUT2D eigenvalue weighted by atomic mass is 10.1. The second-order valence-electron chi connectivity index (χ2n) is 6.00. The molecule has 1 N–H and O–H groups in total. The number of amides is 1. The monoisotopic (exact) mass is 484 g/mol. The summed E-state index contributed by atoms with van der Waals surface area (Å²) >= 11 is 3.47. The summed E-state index contributed by atoms with van der Waals surface area (Å²) in [7, 11) is 1.58. The lowest BCUT2D eigenvalue weighted by molar-refractivity contribution is -0.125. The summed E-state index contributed by atoms with van der Waals surface area (Å²) in [5, 5.41) is 3.93. The van der Waals surface area contributed by atoms with E-state index in [2.05, 4.69) is 44.7 Å². The number of carbonyl (C=O) groups excluding carboxylic acids is 1. The van der Waals surface area contributed by atoms with Crippen LogP contribution in [0.2, 0.25) is 0 Å². The number of nitrogens with one attached hydrogen (secondary N) is 1. The van der Waals surface area contributed by atoms with E-state index in [-0.39, 0.29) is 5.91 Å². The Labute approximate surface area is 171 Å². The van der Waals surface area contributed by atoms with Gasteiger partial charge in [0.2, 0.25) is 11.3 Å². The van der Waals surface area contributed by atoms with Crippen molar-refractivity contribution in [2.24, 2.45) is 0 Å². The molecule has 5 nitrogen and oxygen atoms in total. The van der Waals surface area contributed by atoms with Crippen LogP contribution in [0.25, 0.3) is 10.9 Å². The first-order chi connectivity index (χ1) is 12.4. The molecule has 2 rings (SSSR count). The highest BCUT2D eigenvalue weighted by molar-refractivity contribution is 14.1. The summed E-state index contributed by atoms with van der Waals surface area (Å²) in [6, 6.07) is 9.79. The molecule has 7 heteroatoms. The molecule has 26 heavy (non-hydrogen) atoms. The number of pyridine rings is 1. The zero-order valence-electron chi connectivity index (χ0n) is 15.1. The molecule has 0 saturated carbocycles. The van der Waals surface area contributed by atoms with Crippen molar-refractivity contribution in [2.45, 2.75) is 24.8 Å². The zero-order valence-corrected chi connectivity index (χ0v) is 18.1. The first-order valence-electron chi connectivity index (χ1n) is 7.92. The Bertz CT molecular complexity index is 846. The van der Waals surface area contributed by atoms with Crippen LogP contribution in [0, 0.1) is 15.4 Å². The predicted octanol–water partition coefficient (Wildman–Crippen LogP) is 3.45. The third kappa shape index (κ3) is 5.76. The van der Waals surface area contributed by atoms with E-state index in [1.165, 1.54) is 11.8 Å². The number of thioether (sulfide) groups is 1. The van der Waals surface area contributed by atoms with Crippen LogP contribution < -0.4 is 10.1 Å². The number of hydrogen-bond donors (Lipinski definition) is 1. The number of para-hydroxylation sites is 1. The highest BCUT2D eigenvalue weighted by Crippen LogP contribution is 2.26. The van der Waals surface area contributed by atoms with Gasteiger partial charge in [-0.2, -0.15) is 0 Å². The zero-order chi connectivity index (χ0) is 19.2. The molecule has 0 fully saturated rings. The number of fused-ring (bicyclic) bond motifs is 1. The second kappa shape index (κ2) is 9.44. The molecule has 0 radical (unpaired) electrons. The number of ether oxygens (including phenoxy) is 2. The molecule has 138 valence electrons. The lowest BCUT2D eigenvalue weighted by Crippen LogP contribution is -2.47. The SMILES string of the molecule is COCC#CC(C)(C)NC(=O)C(Oc1nc2ccccc2cc1I)SC.